The van der Waals surface area contributed by atoms with E-state index in [0.29, 0.717) is 36.4 Å². The minimum Gasteiger partial charge on any atom is -0.478 e. The molecule has 1 aliphatic carbocycles. The average molecular weight is 448 g/mol. The number of urea groups is 1. The molecule has 2 heterocycles. The Morgan fingerprint density at radius 1 is 1.18 bits per heavy atom. The maximum absolute atomic E-state index is 13.1. The van der Waals surface area contributed by atoms with Crippen molar-refractivity contribution < 1.29 is 23.9 Å². The summed E-state index contributed by atoms with van der Waals surface area (Å²) in [5.74, 6) is -0.353. The molecule has 2 aromatic rings. The van der Waals surface area contributed by atoms with E-state index in [2.05, 4.69) is 16.0 Å². The lowest BCUT2D eigenvalue weighted by atomic mass is 9.96. The summed E-state index contributed by atoms with van der Waals surface area (Å²) in [5, 5.41) is 7.92. The molecule has 2 aliphatic heterocycles. The van der Waals surface area contributed by atoms with E-state index in [1.165, 1.54) is 4.90 Å². The van der Waals surface area contributed by atoms with Crippen molar-refractivity contribution in [3.8, 4) is 5.75 Å². The molecule has 0 saturated carbocycles. The van der Waals surface area contributed by atoms with Crippen molar-refractivity contribution in [1.82, 2.24) is 10.6 Å². The molecule has 3 unspecified atom stereocenters. The van der Waals surface area contributed by atoms with Crippen LogP contribution in [0.15, 0.2) is 42.5 Å². The molecule has 9 heteroatoms. The van der Waals surface area contributed by atoms with Crippen LogP contribution in [0.3, 0.4) is 0 Å². The SMILES string of the molecule is CCC1Oc2ccccc2N(C(C)C(=O)Nc2ccc3c(c2)CC2(C3)NC(=O)NC2=O)C1=O. The largest absolute Gasteiger partial charge is 0.478 e. The molecule has 170 valence electrons. The van der Waals surface area contributed by atoms with E-state index in [-0.39, 0.29) is 17.7 Å². The molecule has 3 N–H and O–H groups in total. The van der Waals surface area contributed by atoms with Gasteiger partial charge in [0, 0.05) is 18.5 Å². The molecule has 1 saturated heterocycles. The molecule has 33 heavy (non-hydrogen) atoms. The molecular weight excluding hydrogens is 424 g/mol. The molecule has 5 amide bonds. The molecule has 0 bridgehead atoms. The number of fused-ring (bicyclic) bond motifs is 2. The molecule has 3 aliphatic rings. The van der Waals surface area contributed by atoms with Crippen molar-refractivity contribution in [2.75, 3.05) is 10.2 Å². The molecular formula is C24H24N4O5. The Bertz CT molecular complexity index is 1200. The van der Waals surface area contributed by atoms with E-state index in [4.69, 9.17) is 4.74 Å². The number of imide groups is 1. The predicted octanol–water partition coefficient (Wildman–Crippen LogP) is 1.89. The third-order valence-electron chi connectivity index (χ3n) is 6.52. The van der Waals surface area contributed by atoms with Gasteiger partial charge in [-0.25, -0.2) is 4.79 Å². The van der Waals surface area contributed by atoms with Crippen molar-refractivity contribution in [1.29, 1.82) is 0 Å². The van der Waals surface area contributed by atoms with Crippen molar-refractivity contribution >= 4 is 35.1 Å². The van der Waals surface area contributed by atoms with Crippen LogP contribution in [0.1, 0.15) is 31.4 Å². The van der Waals surface area contributed by atoms with Gasteiger partial charge in [-0.05, 0) is 48.7 Å². The summed E-state index contributed by atoms with van der Waals surface area (Å²) in [7, 11) is 0. The fourth-order valence-electron chi connectivity index (χ4n) is 4.79. The monoisotopic (exact) mass is 448 g/mol. The Balaban J connectivity index is 1.35. The van der Waals surface area contributed by atoms with Gasteiger partial charge in [-0.15, -0.1) is 0 Å². The predicted molar refractivity (Wildman–Crippen MR) is 120 cm³/mol. The highest BCUT2D eigenvalue weighted by Crippen LogP contribution is 2.37. The van der Waals surface area contributed by atoms with Gasteiger partial charge in [-0.1, -0.05) is 25.1 Å². The van der Waals surface area contributed by atoms with Crippen LogP contribution in [-0.2, 0) is 27.2 Å². The zero-order valence-electron chi connectivity index (χ0n) is 18.3. The molecule has 0 aromatic heterocycles. The standard InChI is InChI=1S/C24H24N4O5/c1-3-18-21(30)28(17-6-4-5-7-19(17)33-18)13(2)20(29)25-16-9-8-14-11-24(12-15(14)10-16)22(31)26-23(32)27-24/h4-10,13,18H,3,11-12H2,1-2H3,(H,25,29)(H2,26,27,31,32). The molecule has 1 fully saturated rings. The minimum atomic E-state index is -0.964. The van der Waals surface area contributed by atoms with Crippen LogP contribution in [0.4, 0.5) is 16.2 Å². The summed E-state index contributed by atoms with van der Waals surface area (Å²) in [6, 6.07) is 11.4. The summed E-state index contributed by atoms with van der Waals surface area (Å²) in [6.45, 7) is 3.55. The van der Waals surface area contributed by atoms with E-state index < -0.39 is 23.7 Å². The van der Waals surface area contributed by atoms with Gasteiger partial charge in [0.05, 0.1) is 5.69 Å². The van der Waals surface area contributed by atoms with Crippen LogP contribution in [-0.4, -0.2) is 41.4 Å². The lowest BCUT2D eigenvalue weighted by molar-refractivity contribution is -0.129. The first-order valence-electron chi connectivity index (χ1n) is 11.0. The van der Waals surface area contributed by atoms with E-state index >= 15 is 0 Å². The van der Waals surface area contributed by atoms with Gasteiger partial charge >= 0.3 is 6.03 Å². The fraction of sp³-hybridized carbons (Fsp3) is 0.333. The third-order valence-corrected chi connectivity index (χ3v) is 6.52. The van der Waals surface area contributed by atoms with Crippen LogP contribution < -0.4 is 25.6 Å². The summed E-state index contributed by atoms with van der Waals surface area (Å²) < 4.78 is 5.80. The Morgan fingerprint density at radius 3 is 2.67 bits per heavy atom. The van der Waals surface area contributed by atoms with Gasteiger partial charge in [0.2, 0.25) is 5.91 Å². The minimum absolute atomic E-state index is 0.252. The number of nitrogens with zero attached hydrogens (tertiary/aromatic N) is 1. The quantitative estimate of drug-likeness (QED) is 0.618. The lowest BCUT2D eigenvalue weighted by Crippen LogP contribution is -2.53. The highest BCUT2D eigenvalue weighted by molar-refractivity contribution is 6.09. The van der Waals surface area contributed by atoms with Crippen LogP contribution in [0.5, 0.6) is 5.75 Å². The normalized spacial score (nSPS) is 24.0. The van der Waals surface area contributed by atoms with E-state index in [9.17, 15) is 19.2 Å². The molecule has 1 spiro atoms. The second kappa shape index (κ2) is 7.61. The van der Waals surface area contributed by atoms with Gasteiger partial charge in [-0.2, -0.15) is 0 Å². The second-order valence-corrected chi connectivity index (χ2v) is 8.68. The highest BCUT2D eigenvalue weighted by atomic mass is 16.5. The van der Waals surface area contributed by atoms with Crippen LogP contribution in [0, 0.1) is 0 Å². The first kappa shape index (κ1) is 21.0. The second-order valence-electron chi connectivity index (χ2n) is 8.68. The van der Waals surface area contributed by atoms with Gasteiger partial charge in [-0.3, -0.25) is 24.6 Å². The van der Waals surface area contributed by atoms with Crippen LogP contribution in [0.2, 0.25) is 0 Å². The highest BCUT2D eigenvalue weighted by Gasteiger charge is 2.50. The third kappa shape index (κ3) is 3.40. The number of hydrogen-bond acceptors (Lipinski definition) is 5. The molecule has 2 aromatic carbocycles. The summed E-state index contributed by atoms with van der Waals surface area (Å²) in [6.07, 6.45) is 0.614. The number of benzene rings is 2. The maximum Gasteiger partial charge on any atom is 0.322 e. The van der Waals surface area contributed by atoms with Gasteiger partial charge in [0.15, 0.2) is 6.10 Å². The van der Waals surface area contributed by atoms with Crippen LogP contribution in [0.25, 0.3) is 0 Å². The molecule has 3 atom stereocenters. The van der Waals surface area contributed by atoms with Crippen molar-refractivity contribution in [2.24, 2.45) is 0 Å². The van der Waals surface area contributed by atoms with Gasteiger partial charge < -0.3 is 15.4 Å². The topological polar surface area (TPSA) is 117 Å². The summed E-state index contributed by atoms with van der Waals surface area (Å²) in [5.41, 5.74) is 1.99. The lowest BCUT2D eigenvalue weighted by Gasteiger charge is -2.37. The first-order chi connectivity index (χ1) is 15.8. The zero-order valence-corrected chi connectivity index (χ0v) is 18.3. The Hall–Kier alpha value is -3.88. The van der Waals surface area contributed by atoms with E-state index in [0.717, 1.165) is 11.1 Å². The van der Waals surface area contributed by atoms with Crippen molar-refractivity contribution in [3.05, 3.63) is 53.6 Å². The maximum atomic E-state index is 13.1. The summed E-state index contributed by atoms with van der Waals surface area (Å²) in [4.78, 5) is 51.5. The number of hydrogen-bond donors (Lipinski definition) is 3. The smallest absolute Gasteiger partial charge is 0.322 e. The average Bonchev–Trinajstić information content (AvgIpc) is 3.29. The number of nitrogens with one attached hydrogen (secondary N) is 3. The number of ether oxygens (including phenoxy) is 1. The van der Waals surface area contributed by atoms with Crippen molar-refractivity contribution in [3.63, 3.8) is 0 Å². The Kier molecular flexibility index (Phi) is 4.84. The number of para-hydroxylation sites is 2. The van der Waals surface area contributed by atoms with Gasteiger partial charge in [0.25, 0.3) is 11.8 Å². The number of carbonyl (C=O) groups excluding carboxylic acids is 4. The number of rotatable bonds is 4. The Morgan fingerprint density at radius 2 is 1.94 bits per heavy atom. The molecule has 5 rings (SSSR count). The van der Waals surface area contributed by atoms with Crippen molar-refractivity contribution in [2.45, 2.75) is 50.8 Å². The molecule has 0 radical (unpaired) electrons. The first-order valence-corrected chi connectivity index (χ1v) is 11.0. The van der Waals surface area contributed by atoms with E-state index in [1.807, 2.05) is 25.1 Å². The Labute approximate surface area is 190 Å². The zero-order chi connectivity index (χ0) is 23.3. The van der Waals surface area contributed by atoms with Crippen LogP contribution >= 0.6 is 0 Å². The van der Waals surface area contributed by atoms with Gasteiger partial charge in [0.1, 0.15) is 17.3 Å². The number of carbonyl (C=O) groups is 4. The van der Waals surface area contributed by atoms with E-state index in [1.54, 1.807) is 31.2 Å². The number of anilines is 2. The fourth-order valence-corrected chi connectivity index (χ4v) is 4.79. The number of amides is 5. The molecule has 9 nitrogen and oxygen atoms in total. The summed E-state index contributed by atoms with van der Waals surface area (Å²) >= 11 is 0.